The van der Waals surface area contributed by atoms with E-state index >= 15 is 0 Å². The fourth-order valence-electron chi connectivity index (χ4n) is 3.04. The molecule has 3 rings (SSSR count). The minimum absolute atomic E-state index is 0.386. The summed E-state index contributed by atoms with van der Waals surface area (Å²) in [5.74, 6) is 1.39. The summed E-state index contributed by atoms with van der Waals surface area (Å²) in [6.07, 6.45) is 1.84. The molecule has 144 valence electrons. The van der Waals surface area contributed by atoms with Crippen LogP contribution in [0.4, 0.5) is 11.5 Å². The lowest BCUT2D eigenvalue weighted by Gasteiger charge is -2.33. The highest BCUT2D eigenvalue weighted by Gasteiger charge is 2.15. The molecule has 7 nitrogen and oxygen atoms in total. The third-order valence-electron chi connectivity index (χ3n) is 4.65. The first-order chi connectivity index (χ1) is 13.2. The van der Waals surface area contributed by atoms with Gasteiger partial charge in [-0.25, -0.2) is 9.98 Å². The molecule has 0 unspecified atom stereocenters. The van der Waals surface area contributed by atoms with Crippen molar-refractivity contribution in [3.8, 4) is 0 Å². The number of pyridine rings is 1. The lowest BCUT2D eigenvalue weighted by atomic mass is 10.2. The predicted octanol–water partition coefficient (Wildman–Crippen LogP) is 1.91. The SMILES string of the molecule is COCc1ccccc1NC(N)=NCc1ccnc(N2CCN(C)CC2)c1. The molecule has 1 fully saturated rings. The monoisotopic (exact) mass is 368 g/mol. The number of likely N-dealkylation sites (N-methyl/N-ethyl adjacent to an activating group) is 1. The zero-order chi connectivity index (χ0) is 19.1. The topological polar surface area (TPSA) is 79.0 Å². The maximum Gasteiger partial charge on any atom is 0.193 e. The molecule has 27 heavy (non-hydrogen) atoms. The third kappa shape index (κ3) is 5.42. The van der Waals surface area contributed by atoms with E-state index in [-0.39, 0.29) is 0 Å². The first kappa shape index (κ1) is 19.1. The van der Waals surface area contributed by atoms with Crippen LogP contribution in [0, 0.1) is 0 Å². The van der Waals surface area contributed by atoms with Gasteiger partial charge in [-0.15, -0.1) is 0 Å². The minimum Gasteiger partial charge on any atom is -0.380 e. The fourth-order valence-corrected chi connectivity index (χ4v) is 3.04. The Bertz CT molecular complexity index is 771. The Kier molecular flexibility index (Phi) is 6.62. The second kappa shape index (κ2) is 9.34. The number of nitrogens with zero attached hydrogens (tertiary/aromatic N) is 4. The molecule has 0 spiro atoms. The largest absolute Gasteiger partial charge is 0.380 e. The van der Waals surface area contributed by atoms with E-state index in [1.54, 1.807) is 7.11 Å². The lowest BCUT2D eigenvalue weighted by molar-refractivity contribution is 0.185. The number of aliphatic imine (C=N–C) groups is 1. The van der Waals surface area contributed by atoms with Crippen molar-refractivity contribution in [2.45, 2.75) is 13.2 Å². The number of para-hydroxylation sites is 1. The first-order valence-corrected chi connectivity index (χ1v) is 9.18. The van der Waals surface area contributed by atoms with Gasteiger partial charge in [-0.3, -0.25) is 0 Å². The summed E-state index contributed by atoms with van der Waals surface area (Å²) >= 11 is 0. The van der Waals surface area contributed by atoms with Crippen LogP contribution in [-0.4, -0.2) is 56.2 Å². The van der Waals surface area contributed by atoms with E-state index < -0.39 is 0 Å². The second-order valence-corrected chi connectivity index (χ2v) is 6.73. The zero-order valence-electron chi connectivity index (χ0n) is 16.1. The van der Waals surface area contributed by atoms with Gasteiger partial charge in [0.25, 0.3) is 0 Å². The number of hydrogen-bond acceptors (Lipinski definition) is 5. The molecular weight excluding hydrogens is 340 g/mol. The summed E-state index contributed by atoms with van der Waals surface area (Å²) < 4.78 is 5.22. The van der Waals surface area contributed by atoms with Crippen molar-refractivity contribution in [1.29, 1.82) is 0 Å². The number of ether oxygens (including phenoxy) is 1. The Balaban J connectivity index is 1.63. The predicted molar refractivity (Wildman–Crippen MR) is 110 cm³/mol. The number of nitrogens with two attached hydrogens (primary N) is 1. The molecule has 1 aliphatic heterocycles. The summed E-state index contributed by atoms with van der Waals surface area (Å²) in [5, 5.41) is 3.16. The molecule has 3 N–H and O–H groups in total. The van der Waals surface area contributed by atoms with Crippen LogP contribution in [-0.2, 0) is 17.9 Å². The van der Waals surface area contributed by atoms with E-state index in [2.05, 4.69) is 38.2 Å². The molecule has 1 aliphatic rings. The molecule has 1 aromatic heterocycles. The number of guanidine groups is 1. The summed E-state index contributed by atoms with van der Waals surface area (Å²) in [6.45, 7) is 5.14. The van der Waals surface area contributed by atoms with Crippen LogP contribution in [0.5, 0.6) is 0 Å². The summed E-state index contributed by atoms with van der Waals surface area (Å²) in [4.78, 5) is 13.6. The van der Waals surface area contributed by atoms with Crippen molar-refractivity contribution < 1.29 is 4.74 Å². The van der Waals surface area contributed by atoms with Gasteiger partial charge in [0.05, 0.1) is 13.2 Å². The maximum atomic E-state index is 6.08. The average Bonchev–Trinajstić information content (AvgIpc) is 2.69. The molecule has 1 aromatic carbocycles. The molecule has 0 atom stereocenters. The van der Waals surface area contributed by atoms with E-state index in [0.29, 0.717) is 19.1 Å². The van der Waals surface area contributed by atoms with E-state index in [0.717, 1.165) is 48.8 Å². The van der Waals surface area contributed by atoms with Crippen molar-refractivity contribution in [3.05, 3.63) is 53.7 Å². The Morgan fingerprint density at radius 1 is 1.22 bits per heavy atom. The number of methoxy groups -OCH3 is 1. The van der Waals surface area contributed by atoms with Crippen LogP contribution in [0.3, 0.4) is 0 Å². The lowest BCUT2D eigenvalue weighted by Crippen LogP contribution is -2.44. The van der Waals surface area contributed by atoms with Gasteiger partial charge in [0, 0.05) is 50.7 Å². The summed E-state index contributed by atoms with van der Waals surface area (Å²) in [5.41, 5.74) is 9.12. The maximum absolute atomic E-state index is 6.08. The Hall–Kier alpha value is -2.64. The zero-order valence-corrected chi connectivity index (χ0v) is 16.1. The number of benzene rings is 1. The summed E-state index contributed by atoms with van der Waals surface area (Å²) in [7, 11) is 3.83. The van der Waals surface area contributed by atoms with E-state index in [9.17, 15) is 0 Å². The van der Waals surface area contributed by atoms with Crippen LogP contribution < -0.4 is 16.0 Å². The van der Waals surface area contributed by atoms with Crippen molar-refractivity contribution in [1.82, 2.24) is 9.88 Å². The highest BCUT2D eigenvalue weighted by molar-refractivity contribution is 5.92. The molecule has 0 amide bonds. The van der Waals surface area contributed by atoms with Gasteiger partial charge in [0.15, 0.2) is 5.96 Å². The molecular formula is C20H28N6O. The molecule has 1 saturated heterocycles. The number of hydrogen-bond donors (Lipinski definition) is 2. The standard InChI is InChI=1S/C20H28N6O/c1-25-9-11-26(12-10-25)19-13-16(7-8-22-19)14-23-20(21)24-18-6-4-3-5-17(18)15-27-2/h3-8,13H,9-12,14-15H2,1-2H3,(H3,21,23,24). The van der Waals surface area contributed by atoms with Gasteiger partial charge in [0.1, 0.15) is 5.82 Å². The minimum atomic E-state index is 0.386. The van der Waals surface area contributed by atoms with Gasteiger partial charge < -0.3 is 25.6 Å². The van der Waals surface area contributed by atoms with E-state index in [4.69, 9.17) is 10.5 Å². The van der Waals surface area contributed by atoms with Crippen molar-refractivity contribution in [3.63, 3.8) is 0 Å². The van der Waals surface area contributed by atoms with Crippen LogP contribution in [0.2, 0.25) is 0 Å². The summed E-state index contributed by atoms with van der Waals surface area (Å²) in [6, 6.07) is 12.0. The second-order valence-electron chi connectivity index (χ2n) is 6.73. The molecule has 0 aliphatic carbocycles. The molecule has 2 aromatic rings. The number of nitrogens with one attached hydrogen (secondary N) is 1. The number of rotatable bonds is 6. The van der Waals surface area contributed by atoms with Crippen LogP contribution in [0.25, 0.3) is 0 Å². The van der Waals surface area contributed by atoms with Gasteiger partial charge in [-0.05, 0) is 30.8 Å². The average molecular weight is 368 g/mol. The first-order valence-electron chi connectivity index (χ1n) is 9.18. The van der Waals surface area contributed by atoms with Gasteiger partial charge in [-0.2, -0.15) is 0 Å². The Morgan fingerprint density at radius 3 is 2.78 bits per heavy atom. The fraction of sp³-hybridized carbons (Fsp3) is 0.400. The Morgan fingerprint density at radius 2 is 2.00 bits per heavy atom. The number of piperazine rings is 1. The van der Waals surface area contributed by atoms with Crippen molar-refractivity contribution >= 4 is 17.5 Å². The van der Waals surface area contributed by atoms with E-state index in [1.165, 1.54) is 0 Å². The highest BCUT2D eigenvalue weighted by Crippen LogP contribution is 2.17. The quantitative estimate of drug-likeness (QED) is 0.599. The van der Waals surface area contributed by atoms with Crippen molar-refractivity contribution in [2.24, 2.45) is 10.7 Å². The smallest absolute Gasteiger partial charge is 0.193 e. The molecule has 0 bridgehead atoms. The van der Waals surface area contributed by atoms with Gasteiger partial charge in [0.2, 0.25) is 0 Å². The third-order valence-corrected chi connectivity index (χ3v) is 4.65. The van der Waals surface area contributed by atoms with E-state index in [1.807, 2.05) is 36.5 Å². The van der Waals surface area contributed by atoms with Gasteiger partial charge in [-0.1, -0.05) is 18.2 Å². The molecule has 2 heterocycles. The van der Waals surface area contributed by atoms with Crippen LogP contribution in [0.1, 0.15) is 11.1 Å². The Labute approximate surface area is 160 Å². The van der Waals surface area contributed by atoms with Crippen molar-refractivity contribution in [2.75, 3.05) is 50.6 Å². The highest BCUT2D eigenvalue weighted by atomic mass is 16.5. The van der Waals surface area contributed by atoms with Crippen LogP contribution >= 0.6 is 0 Å². The molecule has 0 radical (unpaired) electrons. The van der Waals surface area contributed by atoms with Crippen LogP contribution in [0.15, 0.2) is 47.6 Å². The molecule has 7 heteroatoms. The molecule has 0 saturated carbocycles. The normalized spacial score (nSPS) is 15.8. The number of anilines is 2. The number of aromatic nitrogens is 1. The van der Waals surface area contributed by atoms with Gasteiger partial charge >= 0.3 is 0 Å².